The summed E-state index contributed by atoms with van der Waals surface area (Å²) in [4.78, 5) is 29.5. The first kappa shape index (κ1) is 25.4. The summed E-state index contributed by atoms with van der Waals surface area (Å²) in [7, 11) is 1.65. The van der Waals surface area contributed by atoms with Crippen molar-refractivity contribution in [2.45, 2.75) is 52.4 Å². The Morgan fingerprint density at radius 2 is 1.97 bits per heavy atom. The summed E-state index contributed by atoms with van der Waals surface area (Å²) in [5, 5.41) is 11.6. The molecule has 1 fully saturated rings. The van der Waals surface area contributed by atoms with Gasteiger partial charge in [-0.05, 0) is 62.2 Å². The van der Waals surface area contributed by atoms with Gasteiger partial charge in [-0.1, -0.05) is 6.07 Å². The lowest BCUT2D eigenvalue weighted by Crippen LogP contribution is -2.42. The molecule has 184 valence electrons. The number of halogens is 3. The lowest BCUT2D eigenvalue weighted by Gasteiger charge is -2.32. The third-order valence-corrected chi connectivity index (χ3v) is 5.66. The van der Waals surface area contributed by atoms with E-state index in [0.717, 1.165) is 12.1 Å². The highest BCUT2D eigenvalue weighted by Gasteiger charge is 2.36. The summed E-state index contributed by atoms with van der Waals surface area (Å²) in [6, 6.07) is 3.32. The normalized spacial score (nSPS) is 17.1. The topological polar surface area (TPSA) is 84.2 Å². The predicted molar refractivity (Wildman–Crippen MR) is 119 cm³/mol. The van der Waals surface area contributed by atoms with Gasteiger partial charge in [-0.2, -0.15) is 18.0 Å². The molecule has 1 aromatic carbocycles. The molecule has 1 aromatic heterocycles. The number of hydrogen-bond acceptors (Lipinski definition) is 5. The summed E-state index contributed by atoms with van der Waals surface area (Å²) >= 11 is 0. The molecular weight excluding hydrogens is 449 g/mol. The molecule has 0 bridgehead atoms. The van der Waals surface area contributed by atoms with Gasteiger partial charge in [0.25, 0.3) is 0 Å². The van der Waals surface area contributed by atoms with E-state index in [9.17, 15) is 22.8 Å². The molecule has 1 aliphatic rings. The van der Waals surface area contributed by atoms with Gasteiger partial charge in [0.15, 0.2) is 5.82 Å². The number of aryl methyl sites for hydroxylation is 1. The van der Waals surface area contributed by atoms with Crippen molar-refractivity contribution in [2.75, 3.05) is 20.1 Å². The molecule has 1 atom stereocenters. The first-order chi connectivity index (χ1) is 15.7. The molecule has 0 spiro atoms. The number of alkyl halides is 3. The molecular formula is C23H29F3N6O2. The third kappa shape index (κ3) is 6.21. The highest BCUT2D eigenvalue weighted by atomic mass is 19.4. The summed E-state index contributed by atoms with van der Waals surface area (Å²) in [5.74, 6) is 0.191. The number of likely N-dealkylation sites (N-methyl/N-ethyl adjacent to an activating group) is 1. The lowest BCUT2D eigenvalue weighted by molar-refractivity contribution is -0.137. The number of tetrazole rings is 1. The zero-order valence-electron chi connectivity index (χ0n) is 19.9. The van der Waals surface area contributed by atoms with Crippen LogP contribution in [0.15, 0.2) is 24.3 Å². The minimum Gasteiger partial charge on any atom is -0.342 e. The largest absolute Gasteiger partial charge is 0.416 e. The van der Waals surface area contributed by atoms with E-state index < -0.39 is 11.7 Å². The second kappa shape index (κ2) is 9.55. The van der Waals surface area contributed by atoms with Gasteiger partial charge >= 0.3 is 6.18 Å². The van der Waals surface area contributed by atoms with Crippen molar-refractivity contribution in [3.63, 3.8) is 0 Å². The molecule has 8 nitrogen and oxygen atoms in total. The summed E-state index contributed by atoms with van der Waals surface area (Å²) in [5.41, 5.74) is -0.319. The minimum absolute atomic E-state index is 0.0253. The molecule has 0 N–H and O–H groups in total. The number of carbonyl (C=O) groups excluding carboxylic acids is 2. The Hall–Kier alpha value is -3.24. The molecule has 2 aromatic rings. The maximum absolute atomic E-state index is 13.2. The van der Waals surface area contributed by atoms with E-state index in [-0.39, 0.29) is 29.8 Å². The minimum atomic E-state index is -4.50. The van der Waals surface area contributed by atoms with Crippen LogP contribution in [0.4, 0.5) is 13.2 Å². The maximum atomic E-state index is 13.2. The van der Waals surface area contributed by atoms with Crippen LogP contribution in [0.2, 0.25) is 0 Å². The highest BCUT2D eigenvalue weighted by Crippen LogP contribution is 2.31. The van der Waals surface area contributed by atoms with Crippen LogP contribution in [0.1, 0.15) is 49.7 Å². The van der Waals surface area contributed by atoms with Crippen LogP contribution in [0, 0.1) is 12.8 Å². The third-order valence-electron chi connectivity index (χ3n) is 5.66. The van der Waals surface area contributed by atoms with Gasteiger partial charge in [0.1, 0.15) is 0 Å². The molecule has 1 unspecified atom stereocenters. The van der Waals surface area contributed by atoms with Crippen molar-refractivity contribution in [3.8, 4) is 0 Å². The number of amides is 2. The zero-order chi connectivity index (χ0) is 25.3. The van der Waals surface area contributed by atoms with E-state index in [1.165, 1.54) is 27.9 Å². The fraction of sp³-hybridized carbons (Fsp3) is 0.522. The Morgan fingerprint density at radius 1 is 1.26 bits per heavy atom. The van der Waals surface area contributed by atoms with E-state index >= 15 is 0 Å². The molecule has 1 saturated heterocycles. The number of carbonyl (C=O) groups is 2. The number of nitrogens with zero attached hydrogens (tertiary/aromatic N) is 6. The molecule has 3 rings (SSSR count). The van der Waals surface area contributed by atoms with Crippen LogP contribution in [-0.2, 0) is 22.3 Å². The number of rotatable bonds is 6. The predicted octanol–water partition coefficient (Wildman–Crippen LogP) is 3.17. The van der Waals surface area contributed by atoms with Gasteiger partial charge in [0.05, 0.1) is 12.1 Å². The molecule has 34 heavy (non-hydrogen) atoms. The van der Waals surface area contributed by atoms with Gasteiger partial charge in [0.2, 0.25) is 11.8 Å². The molecule has 2 amide bonds. The van der Waals surface area contributed by atoms with Crippen molar-refractivity contribution in [1.82, 2.24) is 30.0 Å². The van der Waals surface area contributed by atoms with E-state index in [4.69, 9.17) is 0 Å². The lowest BCUT2D eigenvalue weighted by atomic mass is 10.0. The van der Waals surface area contributed by atoms with Crippen LogP contribution in [-0.4, -0.2) is 67.5 Å². The number of hydrogen-bond donors (Lipinski definition) is 0. The maximum Gasteiger partial charge on any atom is 0.416 e. The Labute approximate surface area is 196 Å². The van der Waals surface area contributed by atoms with Crippen molar-refractivity contribution < 1.29 is 22.8 Å². The van der Waals surface area contributed by atoms with Crippen LogP contribution in [0.5, 0.6) is 0 Å². The molecule has 2 heterocycles. The molecule has 0 saturated carbocycles. The molecule has 0 aliphatic carbocycles. The Bertz CT molecular complexity index is 1090. The van der Waals surface area contributed by atoms with Gasteiger partial charge in [-0.25, -0.2) is 0 Å². The van der Waals surface area contributed by atoms with Gasteiger partial charge in [0, 0.05) is 44.1 Å². The van der Waals surface area contributed by atoms with E-state index in [1.54, 1.807) is 14.0 Å². The smallest absolute Gasteiger partial charge is 0.342 e. The van der Waals surface area contributed by atoms with E-state index in [2.05, 4.69) is 15.4 Å². The van der Waals surface area contributed by atoms with E-state index in [0.29, 0.717) is 36.5 Å². The SMILES string of the molecule is Cc1nnn(Cc2cc(C(F)(F)F)ccc2/C=C/C(=O)N(C)CC2CC(=O)N(C(C)(C)C)C2)n1. The average molecular weight is 479 g/mol. The molecule has 0 radical (unpaired) electrons. The van der Waals surface area contributed by atoms with Crippen molar-refractivity contribution in [3.05, 3.63) is 46.8 Å². The van der Waals surface area contributed by atoms with Crippen LogP contribution in [0.3, 0.4) is 0 Å². The van der Waals surface area contributed by atoms with Gasteiger partial charge in [-0.15, -0.1) is 10.2 Å². The first-order valence-electron chi connectivity index (χ1n) is 10.9. The fourth-order valence-corrected chi connectivity index (χ4v) is 3.94. The van der Waals surface area contributed by atoms with Gasteiger partial charge in [-0.3, -0.25) is 9.59 Å². The Morgan fingerprint density at radius 3 is 2.53 bits per heavy atom. The zero-order valence-corrected chi connectivity index (χ0v) is 19.9. The van der Waals surface area contributed by atoms with Crippen molar-refractivity contribution in [1.29, 1.82) is 0 Å². The second-order valence-corrected chi connectivity index (χ2v) is 9.58. The average Bonchev–Trinajstić information content (AvgIpc) is 3.30. The van der Waals surface area contributed by atoms with Crippen molar-refractivity contribution >= 4 is 17.9 Å². The Kier molecular flexibility index (Phi) is 7.13. The molecule has 11 heteroatoms. The van der Waals surface area contributed by atoms with E-state index in [1.807, 2.05) is 25.7 Å². The van der Waals surface area contributed by atoms with Crippen molar-refractivity contribution in [2.24, 2.45) is 5.92 Å². The second-order valence-electron chi connectivity index (χ2n) is 9.58. The summed E-state index contributed by atoms with van der Waals surface area (Å²) in [6.07, 6.45) is -1.31. The fourth-order valence-electron chi connectivity index (χ4n) is 3.94. The quantitative estimate of drug-likeness (QED) is 0.596. The molecule has 1 aliphatic heterocycles. The monoisotopic (exact) mass is 478 g/mol. The highest BCUT2D eigenvalue weighted by molar-refractivity contribution is 5.92. The summed E-state index contributed by atoms with van der Waals surface area (Å²) in [6.45, 7) is 8.51. The number of aromatic nitrogens is 4. The number of likely N-dealkylation sites (tertiary alicyclic amines) is 1. The Balaban J connectivity index is 1.73. The number of benzene rings is 1. The van der Waals surface area contributed by atoms with Gasteiger partial charge < -0.3 is 9.80 Å². The summed E-state index contributed by atoms with van der Waals surface area (Å²) < 4.78 is 39.7. The standard InChI is InChI=1S/C23H29F3N6O2/c1-15-27-29-32(28-15)14-18-11-19(23(24,25)26)8-6-17(18)7-9-20(33)30(5)12-16-10-21(34)31(13-16)22(2,3)4/h6-9,11,16H,10,12-14H2,1-5H3/b9-7+. The van der Waals surface area contributed by atoms with Crippen LogP contribution < -0.4 is 0 Å². The van der Waals surface area contributed by atoms with Crippen LogP contribution in [0.25, 0.3) is 6.08 Å². The van der Waals surface area contributed by atoms with Crippen LogP contribution >= 0.6 is 0 Å². The first-order valence-corrected chi connectivity index (χ1v) is 10.9.